The van der Waals surface area contributed by atoms with Crippen molar-refractivity contribution in [2.45, 2.75) is 0 Å². The Morgan fingerprint density at radius 2 is 2.07 bits per heavy atom. The molecule has 0 bridgehead atoms. The average molecular weight is 210 g/mol. The van der Waals surface area contributed by atoms with Gasteiger partial charge in [-0.3, -0.25) is 9.59 Å². The Kier molecular flexibility index (Phi) is 3.52. The standard InChI is InChI=1S/C7H10N6O2/c8-5(14)2-12-7(15)4-1-11-6(13-9)3-10-4/h1,3H,2,9H2,(H2,8,14)(H,11,13)(H,12,15). The van der Waals surface area contributed by atoms with Gasteiger partial charge in [-0.1, -0.05) is 0 Å². The van der Waals surface area contributed by atoms with E-state index in [4.69, 9.17) is 11.6 Å². The summed E-state index contributed by atoms with van der Waals surface area (Å²) >= 11 is 0. The maximum absolute atomic E-state index is 11.3. The molecule has 0 spiro atoms. The lowest BCUT2D eigenvalue weighted by molar-refractivity contribution is -0.117. The number of nitrogens with one attached hydrogen (secondary N) is 2. The fourth-order valence-corrected chi connectivity index (χ4v) is 0.778. The molecule has 0 fully saturated rings. The Bertz CT molecular complexity index is 362. The molecular formula is C7H10N6O2. The van der Waals surface area contributed by atoms with E-state index in [1.807, 2.05) is 0 Å². The van der Waals surface area contributed by atoms with Gasteiger partial charge in [0.15, 0.2) is 5.82 Å². The predicted octanol–water partition coefficient (Wildman–Crippen LogP) is -2.02. The van der Waals surface area contributed by atoms with Crippen LogP contribution in [-0.2, 0) is 4.79 Å². The first-order chi connectivity index (χ1) is 7.13. The number of hydrazine groups is 1. The Labute approximate surface area is 85.0 Å². The lowest BCUT2D eigenvalue weighted by atomic mass is 10.4. The normalized spacial score (nSPS) is 9.40. The van der Waals surface area contributed by atoms with Crippen LogP contribution in [0, 0.1) is 0 Å². The van der Waals surface area contributed by atoms with E-state index in [0.29, 0.717) is 5.82 Å². The molecule has 1 aromatic rings. The van der Waals surface area contributed by atoms with Gasteiger partial charge in [-0.05, 0) is 0 Å². The quantitative estimate of drug-likeness (QED) is 0.334. The van der Waals surface area contributed by atoms with Crippen LogP contribution in [-0.4, -0.2) is 28.3 Å². The van der Waals surface area contributed by atoms with Crippen molar-refractivity contribution in [1.82, 2.24) is 15.3 Å². The highest BCUT2D eigenvalue weighted by molar-refractivity contribution is 5.94. The molecule has 8 nitrogen and oxygen atoms in total. The molecule has 2 amide bonds. The highest BCUT2D eigenvalue weighted by atomic mass is 16.2. The zero-order valence-corrected chi connectivity index (χ0v) is 7.73. The first-order valence-corrected chi connectivity index (χ1v) is 3.98. The minimum absolute atomic E-state index is 0.0789. The molecule has 0 radical (unpaired) electrons. The van der Waals surface area contributed by atoms with Gasteiger partial charge in [-0.2, -0.15) is 0 Å². The minimum Gasteiger partial charge on any atom is -0.368 e. The Balaban J connectivity index is 2.62. The molecule has 0 aliphatic carbocycles. The second-order valence-electron chi connectivity index (χ2n) is 2.58. The van der Waals surface area contributed by atoms with E-state index >= 15 is 0 Å². The molecule has 0 atom stereocenters. The van der Waals surface area contributed by atoms with Crippen LogP contribution in [0.3, 0.4) is 0 Å². The summed E-state index contributed by atoms with van der Waals surface area (Å²) in [6.07, 6.45) is 2.52. The van der Waals surface area contributed by atoms with Crippen LogP contribution in [0.2, 0.25) is 0 Å². The monoisotopic (exact) mass is 210 g/mol. The third-order valence-corrected chi connectivity index (χ3v) is 1.46. The SMILES string of the molecule is NNc1cnc(C(=O)NCC(N)=O)cn1. The summed E-state index contributed by atoms with van der Waals surface area (Å²) in [6, 6.07) is 0. The van der Waals surface area contributed by atoms with Crippen LogP contribution in [0.5, 0.6) is 0 Å². The number of hydrogen-bond donors (Lipinski definition) is 4. The minimum atomic E-state index is -0.628. The van der Waals surface area contributed by atoms with Crippen molar-refractivity contribution in [1.29, 1.82) is 0 Å². The van der Waals surface area contributed by atoms with E-state index in [-0.39, 0.29) is 12.2 Å². The smallest absolute Gasteiger partial charge is 0.271 e. The molecule has 0 aromatic carbocycles. The van der Waals surface area contributed by atoms with Crippen LogP contribution in [0.4, 0.5) is 5.82 Å². The van der Waals surface area contributed by atoms with Crippen LogP contribution in [0.15, 0.2) is 12.4 Å². The zero-order chi connectivity index (χ0) is 11.3. The summed E-state index contributed by atoms with van der Waals surface area (Å²) in [6.45, 7) is -0.239. The second kappa shape index (κ2) is 4.86. The number of carbonyl (C=O) groups excluding carboxylic acids is 2. The number of hydrogen-bond acceptors (Lipinski definition) is 6. The second-order valence-corrected chi connectivity index (χ2v) is 2.58. The van der Waals surface area contributed by atoms with Crippen molar-refractivity contribution in [2.75, 3.05) is 12.0 Å². The van der Waals surface area contributed by atoms with Crippen molar-refractivity contribution in [3.8, 4) is 0 Å². The van der Waals surface area contributed by atoms with Crippen LogP contribution < -0.4 is 22.3 Å². The van der Waals surface area contributed by atoms with E-state index < -0.39 is 11.8 Å². The molecule has 1 rings (SSSR count). The van der Waals surface area contributed by atoms with Gasteiger partial charge < -0.3 is 16.5 Å². The molecule has 0 unspecified atom stereocenters. The van der Waals surface area contributed by atoms with Crippen molar-refractivity contribution in [3.63, 3.8) is 0 Å². The average Bonchev–Trinajstić information content (AvgIpc) is 2.26. The predicted molar refractivity (Wildman–Crippen MR) is 51.4 cm³/mol. The van der Waals surface area contributed by atoms with Gasteiger partial charge in [0.2, 0.25) is 5.91 Å². The molecule has 0 saturated carbocycles. The van der Waals surface area contributed by atoms with Crippen LogP contribution in [0.25, 0.3) is 0 Å². The number of rotatable bonds is 4. The Morgan fingerprint density at radius 3 is 2.53 bits per heavy atom. The summed E-state index contributed by atoms with van der Waals surface area (Å²) in [7, 11) is 0. The molecule has 80 valence electrons. The van der Waals surface area contributed by atoms with Gasteiger partial charge >= 0.3 is 0 Å². The lowest BCUT2D eigenvalue weighted by Gasteiger charge is -2.02. The molecule has 8 heteroatoms. The highest BCUT2D eigenvalue weighted by Crippen LogP contribution is 1.98. The molecule has 0 aliphatic heterocycles. The van der Waals surface area contributed by atoms with E-state index in [2.05, 4.69) is 20.7 Å². The maximum Gasteiger partial charge on any atom is 0.271 e. The summed E-state index contributed by atoms with van der Waals surface area (Å²) < 4.78 is 0. The topological polar surface area (TPSA) is 136 Å². The number of nitrogens with zero attached hydrogens (tertiary/aromatic N) is 2. The lowest BCUT2D eigenvalue weighted by Crippen LogP contribution is -2.33. The van der Waals surface area contributed by atoms with Gasteiger partial charge in [-0.15, -0.1) is 0 Å². The van der Waals surface area contributed by atoms with Crippen molar-refractivity contribution in [2.24, 2.45) is 11.6 Å². The summed E-state index contributed by atoms with van der Waals surface area (Å²) in [5.74, 6) is 4.24. The van der Waals surface area contributed by atoms with Crippen LogP contribution in [0.1, 0.15) is 10.5 Å². The number of anilines is 1. The summed E-state index contributed by atoms with van der Waals surface area (Å²) in [5.41, 5.74) is 7.19. The molecule has 6 N–H and O–H groups in total. The number of nitrogens with two attached hydrogens (primary N) is 2. The first-order valence-electron chi connectivity index (χ1n) is 3.98. The van der Waals surface area contributed by atoms with Gasteiger partial charge in [0.1, 0.15) is 5.69 Å². The molecule has 1 aromatic heterocycles. The fourth-order valence-electron chi connectivity index (χ4n) is 0.778. The molecular weight excluding hydrogens is 200 g/mol. The number of aromatic nitrogens is 2. The number of nitrogen functional groups attached to an aromatic ring is 1. The molecule has 1 heterocycles. The third-order valence-electron chi connectivity index (χ3n) is 1.46. The largest absolute Gasteiger partial charge is 0.368 e. The van der Waals surface area contributed by atoms with Gasteiger partial charge in [0.25, 0.3) is 5.91 Å². The van der Waals surface area contributed by atoms with Gasteiger partial charge in [-0.25, -0.2) is 15.8 Å². The number of primary amides is 1. The van der Waals surface area contributed by atoms with E-state index in [1.54, 1.807) is 0 Å². The molecule has 0 saturated heterocycles. The Hall–Kier alpha value is -2.22. The van der Waals surface area contributed by atoms with Gasteiger partial charge in [0.05, 0.1) is 18.9 Å². The highest BCUT2D eigenvalue weighted by Gasteiger charge is 2.07. The zero-order valence-electron chi connectivity index (χ0n) is 7.73. The van der Waals surface area contributed by atoms with E-state index in [1.165, 1.54) is 12.4 Å². The van der Waals surface area contributed by atoms with Crippen LogP contribution >= 0.6 is 0 Å². The van der Waals surface area contributed by atoms with Gasteiger partial charge in [0, 0.05) is 0 Å². The van der Waals surface area contributed by atoms with Crippen molar-refractivity contribution < 1.29 is 9.59 Å². The first kappa shape index (κ1) is 10.9. The summed E-state index contributed by atoms with van der Waals surface area (Å²) in [5, 5.41) is 2.27. The van der Waals surface area contributed by atoms with E-state index in [9.17, 15) is 9.59 Å². The van der Waals surface area contributed by atoms with Crippen molar-refractivity contribution in [3.05, 3.63) is 18.1 Å². The molecule has 15 heavy (non-hydrogen) atoms. The molecule has 0 aliphatic rings. The van der Waals surface area contributed by atoms with Crippen molar-refractivity contribution >= 4 is 17.6 Å². The maximum atomic E-state index is 11.3. The Morgan fingerprint density at radius 1 is 1.33 bits per heavy atom. The van der Waals surface area contributed by atoms with E-state index in [0.717, 1.165) is 0 Å². The third kappa shape index (κ3) is 3.19. The number of amides is 2. The number of carbonyl (C=O) groups is 2. The fraction of sp³-hybridized carbons (Fsp3) is 0.143. The summed E-state index contributed by atoms with van der Waals surface area (Å²) in [4.78, 5) is 29.2.